The lowest BCUT2D eigenvalue weighted by molar-refractivity contribution is -0.138. The highest BCUT2D eigenvalue weighted by atomic mass is 32.2. The number of amides is 3. The molecular formula is C29H32N2O4S. The first-order valence-electron chi connectivity index (χ1n) is 12.0. The van der Waals surface area contributed by atoms with E-state index in [1.54, 1.807) is 12.1 Å². The van der Waals surface area contributed by atoms with Crippen LogP contribution >= 0.6 is 11.8 Å². The van der Waals surface area contributed by atoms with Crippen molar-refractivity contribution >= 4 is 29.7 Å². The van der Waals surface area contributed by atoms with Gasteiger partial charge in [0.1, 0.15) is 6.04 Å². The molecule has 3 rings (SSSR count). The Morgan fingerprint density at radius 3 is 2.03 bits per heavy atom. The molecule has 0 fully saturated rings. The Labute approximate surface area is 216 Å². The van der Waals surface area contributed by atoms with E-state index in [0.717, 1.165) is 21.6 Å². The van der Waals surface area contributed by atoms with Crippen LogP contribution in [-0.2, 0) is 10.5 Å². The minimum absolute atomic E-state index is 0.188. The number of hydrogen-bond acceptors (Lipinski definition) is 4. The molecule has 0 aliphatic carbocycles. The van der Waals surface area contributed by atoms with Crippen molar-refractivity contribution in [3.63, 3.8) is 0 Å². The van der Waals surface area contributed by atoms with Crippen molar-refractivity contribution in [1.29, 1.82) is 0 Å². The lowest BCUT2D eigenvalue weighted by atomic mass is 10.0. The van der Waals surface area contributed by atoms with Gasteiger partial charge in [-0.25, -0.2) is 9.59 Å². The molecule has 0 aliphatic rings. The van der Waals surface area contributed by atoms with E-state index in [-0.39, 0.29) is 18.2 Å². The van der Waals surface area contributed by atoms with Gasteiger partial charge in [0.05, 0.1) is 0 Å². The van der Waals surface area contributed by atoms with Crippen molar-refractivity contribution in [2.24, 2.45) is 5.92 Å². The Bertz CT molecular complexity index is 1130. The number of thioether (sulfide) groups is 1. The number of nitrogens with zero attached hydrogens (tertiary/aromatic N) is 1. The van der Waals surface area contributed by atoms with Gasteiger partial charge in [-0.2, -0.15) is 11.8 Å². The Morgan fingerprint density at radius 1 is 0.861 bits per heavy atom. The van der Waals surface area contributed by atoms with Crippen LogP contribution in [-0.4, -0.2) is 46.3 Å². The van der Waals surface area contributed by atoms with Crippen LogP contribution in [0.25, 0.3) is 11.1 Å². The van der Waals surface area contributed by atoms with E-state index < -0.39 is 23.9 Å². The number of carboxylic acid groups (broad SMARTS) is 1. The molecule has 188 valence electrons. The summed E-state index contributed by atoms with van der Waals surface area (Å²) >= 11 is 1.42. The Morgan fingerprint density at radius 2 is 1.44 bits per heavy atom. The topological polar surface area (TPSA) is 86.7 Å². The van der Waals surface area contributed by atoms with Gasteiger partial charge in [-0.05, 0) is 41.2 Å². The fourth-order valence-corrected chi connectivity index (χ4v) is 4.55. The summed E-state index contributed by atoms with van der Waals surface area (Å²) in [6.07, 6.45) is 0.613. The molecule has 0 unspecified atom stereocenters. The second-order valence-corrected chi connectivity index (χ2v) is 9.95. The number of urea groups is 1. The number of rotatable bonds is 11. The highest BCUT2D eigenvalue weighted by Crippen LogP contribution is 2.20. The summed E-state index contributed by atoms with van der Waals surface area (Å²) in [4.78, 5) is 39.4. The molecule has 0 heterocycles. The van der Waals surface area contributed by atoms with Crippen molar-refractivity contribution in [3.05, 3.63) is 96.1 Å². The minimum Gasteiger partial charge on any atom is -0.480 e. The third kappa shape index (κ3) is 7.99. The first-order chi connectivity index (χ1) is 17.3. The predicted octanol–water partition coefficient (Wildman–Crippen LogP) is 5.94. The van der Waals surface area contributed by atoms with E-state index >= 15 is 0 Å². The number of carbonyl (C=O) groups is 3. The summed E-state index contributed by atoms with van der Waals surface area (Å²) in [5.41, 5.74) is 3.44. The molecule has 3 aromatic rings. The summed E-state index contributed by atoms with van der Waals surface area (Å²) in [5, 5.41) is 12.2. The molecule has 0 saturated carbocycles. The number of aliphatic carboxylic acids is 1. The van der Waals surface area contributed by atoms with Crippen LogP contribution in [0, 0.1) is 5.92 Å². The SMILES string of the molecule is CC(C)CCN(C(=O)N[C@@H](CSCc1ccccc1)C(=O)O)C(=O)c1ccc(-c2ccccc2)cc1. The van der Waals surface area contributed by atoms with Crippen LogP contribution in [0.5, 0.6) is 0 Å². The normalized spacial score (nSPS) is 11.6. The van der Waals surface area contributed by atoms with Crippen LogP contribution in [0.3, 0.4) is 0 Å². The van der Waals surface area contributed by atoms with Crippen molar-refractivity contribution in [2.75, 3.05) is 12.3 Å². The van der Waals surface area contributed by atoms with E-state index in [1.165, 1.54) is 11.8 Å². The largest absolute Gasteiger partial charge is 0.480 e. The maximum absolute atomic E-state index is 13.3. The van der Waals surface area contributed by atoms with Crippen molar-refractivity contribution in [3.8, 4) is 11.1 Å². The average molecular weight is 505 g/mol. The van der Waals surface area contributed by atoms with Gasteiger partial charge in [-0.1, -0.05) is 86.6 Å². The zero-order valence-corrected chi connectivity index (χ0v) is 21.4. The van der Waals surface area contributed by atoms with Gasteiger partial charge >= 0.3 is 12.0 Å². The molecule has 0 spiro atoms. The summed E-state index contributed by atoms with van der Waals surface area (Å²) < 4.78 is 0. The molecule has 0 aliphatic heterocycles. The molecule has 3 amide bonds. The minimum atomic E-state index is -1.13. The van der Waals surface area contributed by atoms with E-state index in [1.807, 2.05) is 86.6 Å². The summed E-state index contributed by atoms with van der Waals surface area (Å²) in [5.74, 6) is -0.496. The molecule has 36 heavy (non-hydrogen) atoms. The van der Waals surface area contributed by atoms with Gasteiger partial charge in [0.25, 0.3) is 5.91 Å². The lowest BCUT2D eigenvalue weighted by Crippen LogP contribution is -2.51. The van der Waals surface area contributed by atoms with E-state index in [2.05, 4.69) is 5.32 Å². The monoisotopic (exact) mass is 504 g/mol. The smallest absolute Gasteiger partial charge is 0.327 e. The van der Waals surface area contributed by atoms with E-state index in [9.17, 15) is 19.5 Å². The van der Waals surface area contributed by atoms with Crippen molar-refractivity contribution < 1.29 is 19.5 Å². The van der Waals surface area contributed by atoms with Gasteiger partial charge in [-0.15, -0.1) is 0 Å². The average Bonchev–Trinajstić information content (AvgIpc) is 2.89. The van der Waals surface area contributed by atoms with Crippen LogP contribution in [0.1, 0.15) is 36.2 Å². The van der Waals surface area contributed by atoms with E-state index in [0.29, 0.717) is 17.7 Å². The molecule has 0 bridgehead atoms. The molecule has 3 aromatic carbocycles. The van der Waals surface area contributed by atoms with Gasteiger partial charge < -0.3 is 10.4 Å². The predicted molar refractivity (Wildman–Crippen MR) is 145 cm³/mol. The highest BCUT2D eigenvalue weighted by Gasteiger charge is 2.28. The fraction of sp³-hybridized carbons (Fsp3) is 0.276. The number of carboxylic acids is 1. The van der Waals surface area contributed by atoms with Crippen LogP contribution in [0.4, 0.5) is 4.79 Å². The van der Waals surface area contributed by atoms with Crippen molar-refractivity contribution in [1.82, 2.24) is 10.2 Å². The van der Waals surface area contributed by atoms with Gasteiger partial charge in [-0.3, -0.25) is 9.69 Å². The lowest BCUT2D eigenvalue weighted by Gasteiger charge is -2.24. The summed E-state index contributed by atoms with van der Waals surface area (Å²) in [6.45, 7) is 4.22. The number of benzene rings is 3. The number of hydrogen-bond donors (Lipinski definition) is 2. The molecule has 6 nitrogen and oxygen atoms in total. The van der Waals surface area contributed by atoms with Crippen molar-refractivity contribution in [2.45, 2.75) is 32.1 Å². The van der Waals surface area contributed by atoms with E-state index in [4.69, 9.17) is 0 Å². The zero-order valence-electron chi connectivity index (χ0n) is 20.6. The highest BCUT2D eigenvalue weighted by molar-refractivity contribution is 7.98. The number of imide groups is 1. The Hall–Kier alpha value is -3.58. The quantitative estimate of drug-likeness (QED) is 0.338. The number of nitrogens with one attached hydrogen (secondary N) is 1. The van der Waals surface area contributed by atoms with Gasteiger partial charge in [0.15, 0.2) is 0 Å². The second-order valence-electron chi connectivity index (χ2n) is 8.92. The fourth-order valence-electron chi connectivity index (χ4n) is 3.54. The third-order valence-corrected chi connectivity index (χ3v) is 6.76. The first-order valence-corrected chi connectivity index (χ1v) is 13.1. The summed E-state index contributed by atoms with van der Waals surface area (Å²) in [6, 6.07) is 24.8. The molecule has 0 aromatic heterocycles. The van der Waals surface area contributed by atoms with Crippen LogP contribution < -0.4 is 5.32 Å². The Kier molecular flexibility index (Phi) is 10.1. The maximum Gasteiger partial charge on any atom is 0.327 e. The molecular weight excluding hydrogens is 472 g/mol. The van der Waals surface area contributed by atoms with Crippen LogP contribution in [0.15, 0.2) is 84.9 Å². The Balaban J connectivity index is 1.69. The third-order valence-electron chi connectivity index (χ3n) is 5.65. The molecule has 0 radical (unpaired) electrons. The molecule has 0 saturated heterocycles. The zero-order chi connectivity index (χ0) is 25.9. The van der Waals surface area contributed by atoms with Gasteiger partial charge in [0, 0.05) is 23.6 Å². The standard InChI is InChI=1S/C29H32N2O4S/c1-21(2)17-18-31(27(32)25-15-13-24(14-16-25)23-11-7-4-8-12-23)29(35)30-26(28(33)34)20-36-19-22-9-5-3-6-10-22/h3-16,21,26H,17-20H2,1-2H3,(H,30,35)(H,33,34)/t26-/m0/s1. The molecule has 1 atom stereocenters. The van der Waals surface area contributed by atoms with Crippen LogP contribution in [0.2, 0.25) is 0 Å². The summed E-state index contributed by atoms with van der Waals surface area (Å²) in [7, 11) is 0. The maximum atomic E-state index is 13.3. The number of carbonyl (C=O) groups excluding carboxylic acids is 2. The van der Waals surface area contributed by atoms with Gasteiger partial charge in [0.2, 0.25) is 0 Å². The molecule has 7 heteroatoms. The molecule has 2 N–H and O–H groups in total. The second kappa shape index (κ2) is 13.5. The first kappa shape index (κ1) is 27.0.